The predicted molar refractivity (Wildman–Crippen MR) is 59.7 cm³/mol. The summed E-state index contributed by atoms with van der Waals surface area (Å²) in [6.45, 7) is -1.23. The fraction of sp³-hybridized carbons (Fsp3) is 0.500. The van der Waals surface area contributed by atoms with E-state index in [9.17, 15) is 17.6 Å². The number of nitrogens with two attached hydrogens (primary N) is 1. The Labute approximate surface area is 103 Å². The van der Waals surface area contributed by atoms with E-state index >= 15 is 0 Å². The average molecular weight is 265 g/mol. The Kier molecular flexibility index (Phi) is 5.55. The quantitative estimate of drug-likeness (QED) is 0.634. The highest BCUT2D eigenvalue weighted by molar-refractivity contribution is 5.21. The van der Waals surface area contributed by atoms with E-state index in [-0.39, 0.29) is 25.5 Å². The van der Waals surface area contributed by atoms with Crippen LogP contribution >= 0.6 is 0 Å². The van der Waals surface area contributed by atoms with Crippen molar-refractivity contribution in [3.63, 3.8) is 0 Å². The lowest BCUT2D eigenvalue weighted by Gasteiger charge is -2.16. The Hall–Kier alpha value is -1.14. The van der Waals surface area contributed by atoms with Crippen molar-refractivity contribution in [2.45, 2.75) is 18.5 Å². The number of hydrogen-bond donors (Lipinski definition) is 1. The van der Waals surface area contributed by atoms with Gasteiger partial charge in [0.05, 0.1) is 0 Å². The van der Waals surface area contributed by atoms with Crippen molar-refractivity contribution < 1.29 is 22.3 Å². The molecule has 102 valence electrons. The predicted octanol–water partition coefficient (Wildman–Crippen LogP) is 2.84. The standard InChI is InChI=1S/C12H15F4NO/c13-11-4-2-1-3-10(11)9(7-17)5-6-18-8-12(14,15)16/h1-4,9H,5-8,17H2. The van der Waals surface area contributed by atoms with Crippen LogP contribution < -0.4 is 5.73 Å². The molecule has 0 saturated carbocycles. The Morgan fingerprint density at radius 2 is 1.89 bits per heavy atom. The van der Waals surface area contributed by atoms with E-state index in [0.29, 0.717) is 5.56 Å². The van der Waals surface area contributed by atoms with Gasteiger partial charge in [0.25, 0.3) is 0 Å². The van der Waals surface area contributed by atoms with Gasteiger partial charge < -0.3 is 10.5 Å². The smallest absolute Gasteiger partial charge is 0.372 e. The molecule has 0 aromatic heterocycles. The summed E-state index contributed by atoms with van der Waals surface area (Å²) in [5.74, 6) is -0.733. The van der Waals surface area contributed by atoms with Crippen molar-refractivity contribution in [2.75, 3.05) is 19.8 Å². The minimum atomic E-state index is -4.34. The van der Waals surface area contributed by atoms with Crippen LogP contribution in [0.3, 0.4) is 0 Å². The molecule has 1 unspecified atom stereocenters. The second kappa shape index (κ2) is 6.70. The van der Waals surface area contributed by atoms with E-state index in [4.69, 9.17) is 5.73 Å². The van der Waals surface area contributed by atoms with Crippen molar-refractivity contribution in [3.8, 4) is 0 Å². The third kappa shape index (κ3) is 5.01. The normalized spacial score (nSPS) is 13.6. The van der Waals surface area contributed by atoms with Gasteiger partial charge in [0.2, 0.25) is 0 Å². The van der Waals surface area contributed by atoms with E-state index in [1.54, 1.807) is 18.2 Å². The van der Waals surface area contributed by atoms with Crippen molar-refractivity contribution in [1.82, 2.24) is 0 Å². The molecule has 1 atom stereocenters. The molecule has 0 aliphatic rings. The summed E-state index contributed by atoms with van der Waals surface area (Å²) in [7, 11) is 0. The first kappa shape index (κ1) is 14.9. The van der Waals surface area contributed by atoms with Gasteiger partial charge in [-0.25, -0.2) is 4.39 Å². The van der Waals surface area contributed by atoms with Crippen molar-refractivity contribution in [1.29, 1.82) is 0 Å². The van der Waals surface area contributed by atoms with Crippen LogP contribution in [0.4, 0.5) is 17.6 Å². The van der Waals surface area contributed by atoms with E-state index in [1.807, 2.05) is 0 Å². The molecular formula is C12H15F4NO. The van der Waals surface area contributed by atoms with Crippen molar-refractivity contribution in [3.05, 3.63) is 35.6 Å². The fourth-order valence-electron chi connectivity index (χ4n) is 1.62. The third-order valence-corrected chi connectivity index (χ3v) is 2.51. The van der Waals surface area contributed by atoms with E-state index in [0.717, 1.165) is 0 Å². The largest absolute Gasteiger partial charge is 0.411 e. The molecule has 0 heterocycles. The van der Waals surface area contributed by atoms with Gasteiger partial charge in [0, 0.05) is 12.5 Å². The van der Waals surface area contributed by atoms with Gasteiger partial charge in [-0.15, -0.1) is 0 Å². The van der Waals surface area contributed by atoms with Gasteiger partial charge in [0.1, 0.15) is 12.4 Å². The van der Waals surface area contributed by atoms with Crippen LogP contribution in [0, 0.1) is 5.82 Å². The van der Waals surface area contributed by atoms with E-state index in [1.165, 1.54) is 6.07 Å². The molecule has 1 rings (SSSR count). The van der Waals surface area contributed by atoms with Crippen LogP contribution in [-0.2, 0) is 4.74 Å². The molecule has 0 aliphatic carbocycles. The van der Waals surface area contributed by atoms with Crippen molar-refractivity contribution in [2.24, 2.45) is 5.73 Å². The number of alkyl halides is 3. The molecule has 0 aliphatic heterocycles. The molecule has 1 aromatic carbocycles. The Balaban J connectivity index is 2.46. The molecule has 6 heteroatoms. The summed E-state index contributed by atoms with van der Waals surface area (Å²) < 4.78 is 53.5. The second-order valence-electron chi connectivity index (χ2n) is 3.91. The molecule has 2 N–H and O–H groups in total. The summed E-state index contributed by atoms with van der Waals surface area (Å²) in [6.07, 6.45) is -4.08. The topological polar surface area (TPSA) is 35.2 Å². The summed E-state index contributed by atoms with van der Waals surface area (Å²) in [5.41, 5.74) is 5.91. The minimum absolute atomic E-state index is 0.101. The number of benzene rings is 1. The first-order valence-electron chi connectivity index (χ1n) is 5.53. The maximum Gasteiger partial charge on any atom is 0.411 e. The minimum Gasteiger partial charge on any atom is -0.372 e. The Morgan fingerprint density at radius 3 is 2.44 bits per heavy atom. The second-order valence-corrected chi connectivity index (χ2v) is 3.91. The zero-order chi connectivity index (χ0) is 13.6. The van der Waals surface area contributed by atoms with Gasteiger partial charge in [-0.2, -0.15) is 13.2 Å². The van der Waals surface area contributed by atoms with Crippen LogP contribution in [0.2, 0.25) is 0 Å². The van der Waals surface area contributed by atoms with Crippen LogP contribution in [-0.4, -0.2) is 25.9 Å². The number of halogens is 4. The molecular weight excluding hydrogens is 250 g/mol. The molecule has 0 saturated heterocycles. The molecule has 1 aromatic rings. The average Bonchev–Trinajstić information content (AvgIpc) is 2.29. The van der Waals surface area contributed by atoms with Crippen LogP contribution in [0.5, 0.6) is 0 Å². The molecule has 0 spiro atoms. The molecule has 2 nitrogen and oxygen atoms in total. The monoisotopic (exact) mass is 265 g/mol. The van der Waals surface area contributed by atoms with Gasteiger partial charge in [0.15, 0.2) is 0 Å². The highest BCUT2D eigenvalue weighted by Gasteiger charge is 2.27. The Morgan fingerprint density at radius 1 is 1.22 bits per heavy atom. The Bertz CT molecular complexity index is 367. The molecule has 18 heavy (non-hydrogen) atoms. The van der Waals surface area contributed by atoms with E-state index in [2.05, 4.69) is 4.74 Å². The zero-order valence-electron chi connectivity index (χ0n) is 9.71. The lowest BCUT2D eigenvalue weighted by molar-refractivity contribution is -0.174. The first-order chi connectivity index (χ1) is 8.44. The summed E-state index contributed by atoms with van der Waals surface area (Å²) in [6, 6.07) is 6.09. The molecule has 0 fully saturated rings. The van der Waals surface area contributed by atoms with Gasteiger partial charge in [-0.05, 0) is 24.6 Å². The fourth-order valence-corrected chi connectivity index (χ4v) is 1.62. The molecule has 0 radical (unpaired) electrons. The van der Waals surface area contributed by atoms with Crippen LogP contribution in [0.25, 0.3) is 0 Å². The summed E-state index contributed by atoms with van der Waals surface area (Å²) >= 11 is 0. The number of ether oxygens (including phenoxy) is 1. The maximum atomic E-state index is 13.4. The SMILES string of the molecule is NCC(CCOCC(F)(F)F)c1ccccc1F. The number of hydrogen-bond acceptors (Lipinski definition) is 2. The molecule has 0 amide bonds. The molecule has 0 bridgehead atoms. The zero-order valence-corrected chi connectivity index (χ0v) is 9.71. The van der Waals surface area contributed by atoms with Gasteiger partial charge in [-0.3, -0.25) is 0 Å². The van der Waals surface area contributed by atoms with Crippen molar-refractivity contribution >= 4 is 0 Å². The van der Waals surface area contributed by atoms with Crippen LogP contribution in [0.1, 0.15) is 17.9 Å². The lowest BCUT2D eigenvalue weighted by Crippen LogP contribution is -2.20. The highest BCUT2D eigenvalue weighted by atomic mass is 19.4. The third-order valence-electron chi connectivity index (χ3n) is 2.51. The maximum absolute atomic E-state index is 13.4. The van der Waals surface area contributed by atoms with Gasteiger partial charge in [-0.1, -0.05) is 18.2 Å². The lowest BCUT2D eigenvalue weighted by atomic mass is 9.96. The first-order valence-corrected chi connectivity index (χ1v) is 5.53. The number of rotatable bonds is 6. The highest BCUT2D eigenvalue weighted by Crippen LogP contribution is 2.22. The van der Waals surface area contributed by atoms with Gasteiger partial charge >= 0.3 is 6.18 Å². The van der Waals surface area contributed by atoms with E-state index < -0.39 is 18.6 Å². The summed E-state index contributed by atoms with van der Waals surface area (Å²) in [4.78, 5) is 0. The van der Waals surface area contributed by atoms with Crippen LogP contribution in [0.15, 0.2) is 24.3 Å². The summed E-state index contributed by atoms with van der Waals surface area (Å²) in [5, 5.41) is 0.